The fourth-order valence-electron chi connectivity index (χ4n) is 2.09. The summed E-state index contributed by atoms with van der Waals surface area (Å²) in [5, 5.41) is 0. The fourth-order valence-corrected chi connectivity index (χ4v) is 2.35. The maximum atomic E-state index is 6.04. The zero-order valence-electron chi connectivity index (χ0n) is 10.9. The van der Waals surface area contributed by atoms with Crippen molar-refractivity contribution < 1.29 is 4.74 Å². The molecule has 1 nitrogen and oxygen atoms in total. The van der Waals surface area contributed by atoms with Gasteiger partial charge in [0, 0.05) is 19.6 Å². The Kier molecular flexibility index (Phi) is 7.30. The van der Waals surface area contributed by atoms with Gasteiger partial charge in [-0.15, -0.1) is 11.6 Å². The molecule has 1 rings (SSSR count). The Labute approximate surface area is 110 Å². The molecule has 0 aliphatic heterocycles. The Bertz CT molecular complexity index is 312. The van der Waals surface area contributed by atoms with Crippen LogP contribution in [0, 0.1) is 12.8 Å². The van der Waals surface area contributed by atoms with E-state index in [1.807, 2.05) is 0 Å². The van der Waals surface area contributed by atoms with Gasteiger partial charge in [-0.05, 0) is 37.7 Å². The number of alkyl halides is 1. The molecule has 2 heteroatoms. The molecule has 96 valence electrons. The molecule has 1 aromatic carbocycles. The first-order chi connectivity index (χ1) is 8.26. The molecule has 1 aromatic rings. The van der Waals surface area contributed by atoms with E-state index >= 15 is 0 Å². The second-order valence-corrected chi connectivity index (χ2v) is 5.01. The quantitative estimate of drug-likeness (QED) is 0.499. The molecule has 1 unspecified atom stereocenters. The Morgan fingerprint density at radius 3 is 2.76 bits per heavy atom. The third-order valence-electron chi connectivity index (χ3n) is 3.04. The van der Waals surface area contributed by atoms with Crippen molar-refractivity contribution in [3.8, 4) is 0 Å². The Morgan fingerprint density at radius 2 is 2.12 bits per heavy atom. The van der Waals surface area contributed by atoms with Gasteiger partial charge in [0.25, 0.3) is 0 Å². The molecule has 0 aromatic heterocycles. The van der Waals surface area contributed by atoms with Crippen molar-refractivity contribution in [3.05, 3.63) is 35.4 Å². The van der Waals surface area contributed by atoms with E-state index in [1.54, 1.807) is 7.11 Å². The predicted molar refractivity (Wildman–Crippen MR) is 74.8 cm³/mol. The third kappa shape index (κ3) is 6.09. The van der Waals surface area contributed by atoms with Gasteiger partial charge in [-0.2, -0.15) is 0 Å². The molecule has 1 atom stereocenters. The molecule has 0 bridgehead atoms. The highest BCUT2D eigenvalue weighted by Gasteiger charge is 2.08. The molecule has 0 saturated heterocycles. The molecule has 0 aliphatic carbocycles. The number of ether oxygens (including phenoxy) is 1. The zero-order chi connectivity index (χ0) is 12.5. The summed E-state index contributed by atoms with van der Waals surface area (Å²) in [6, 6.07) is 8.72. The summed E-state index contributed by atoms with van der Waals surface area (Å²) in [6.07, 6.45) is 4.63. The number of unbranched alkanes of at least 4 members (excludes halogenated alkanes) is 1. The van der Waals surface area contributed by atoms with Crippen LogP contribution in [-0.2, 0) is 11.2 Å². The summed E-state index contributed by atoms with van der Waals surface area (Å²) >= 11 is 6.04. The van der Waals surface area contributed by atoms with E-state index in [4.69, 9.17) is 16.3 Å². The van der Waals surface area contributed by atoms with E-state index in [0.29, 0.717) is 5.92 Å². The Hall–Kier alpha value is -0.530. The molecule has 0 fully saturated rings. The normalized spacial score (nSPS) is 12.6. The largest absolute Gasteiger partial charge is 0.385 e. The molecule has 0 radical (unpaired) electrons. The number of methoxy groups -OCH3 is 1. The fraction of sp³-hybridized carbons (Fsp3) is 0.600. The molecular formula is C15H23ClO. The summed E-state index contributed by atoms with van der Waals surface area (Å²) in [7, 11) is 1.76. The molecule has 0 N–H and O–H groups in total. The van der Waals surface area contributed by atoms with Gasteiger partial charge in [0.05, 0.1) is 0 Å². The van der Waals surface area contributed by atoms with Crippen LogP contribution < -0.4 is 0 Å². The predicted octanol–water partition coefficient (Wildman–Crippen LogP) is 4.21. The van der Waals surface area contributed by atoms with Gasteiger partial charge in [0.1, 0.15) is 0 Å². The first kappa shape index (κ1) is 14.5. The lowest BCUT2D eigenvalue weighted by Crippen LogP contribution is -2.07. The van der Waals surface area contributed by atoms with Gasteiger partial charge in [0.15, 0.2) is 0 Å². The molecule has 17 heavy (non-hydrogen) atoms. The number of aryl methyl sites for hydroxylation is 1. The van der Waals surface area contributed by atoms with Crippen molar-refractivity contribution >= 4 is 11.6 Å². The lowest BCUT2D eigenvalue weighted by molar-refractivity contribution is 0.190. The van der Waals surface area contributed by atoms with Gasteiger partial charge >= 0.3 is 0 Å². The van der Waals surface area contributed by atoms with Crippen molar-refractivity contribution in [1.82, 2.24) is 0 Å². The van der Waals surface area contributed by atoms with Crippen LogP contribution in [0.15, 0.2) is 24.3 Å². The van der Waals surface area contributed by atoms with Crippen LogP contribution in [0.1, 0.15) is 30.4 Å². The van der Waals surface area contributed by atoms with Crippen LogP contribution in [0.3, 0.4) is 0 Å². The lowest BCUT2D eigenvalue weighted by atomic mass is 9.95. The van der Waals surface area contributed by atoms with Gasteiger partial charge in [-0.1, -0.05) is 36.2 Å². The van der Waals surface area contributed by atoms with E-state index in [9.17, 15) is 0 Å². The monoisotopic (exact) mass is 254 g/mol. The maximum absolute atomic E-state index is 6.04. The van der Waals surface area contributed by atoms with E-state index in [1.165, 1.54) is 24.0 Å². The van der Waals surface area contributed by atoms with Crippen molar-refractivity contribution in [2.24, 2.45) is 5.92 Å². The van der Waals surface area contributed by atoms with Gasteiger partial charge in [-0.3, -0.25) is 0 Å². The maximum Gasteiger partial charge on any atom is 0.0462 e. The van der Waals surface area contributed by atoms with Gasteiger partial charge in [0.2, 0.25) is 0 Å². The molecule has 0 amide bonds. The number of benzene rings is 1. The smallest absolute Gasteiger partial charge is 0.0462 e. The Balaban J connectivity index is 2.35. The summed E-state index contributed by atoms with van der Waals surface area (Å²) in [5.74, 6) is 1.34. The number of halogens is 1. The third-order valence-corrected chi connectivity index (χ3v) is 3.47. The second kappa shape index (κ2) is 8.54. The summed E-state index contributed by atoms with van der Waals surface area (Å²) in [5.41, 5.74) is 2.73. The van der Waals surface area contributed by atoms with Crippen LogP contribution in [-0.4, -0.2) is 19.6 Å². The first-order valence-electron chi connectivity index (χ1n) is 6.36. The Morgan fingerprint density at radius 1 is 1.29 bits per heavy atom. The minimum atomic E-state index is 0.593. The number of rotatable bonds is 8. The lowest BCUT2D eigenvalue weighted by Gasteiger charge is -2.14. The van der Waals surface area contributed by atoms with Crippen molar-refractivity contribution in [2.75, 3.05) is 19.6 Å². The molecule has 0 saturated carbocycles. The average molecular weight is 255 g/mol. The topological polar surface area (TPSA) is 9.23 Å². The minimum Gasteiger partial charge on any atom is -0.385 e. The summed E-state index contributed by atoms with van der Waals surface area (Å²) in [4.78, 5) is 0. The van der Waals surface area contributed by atoms with Gasteiger partial charge < -0.3 is 4.74 Å². The number of hydrogen-bond acceptors (Lipinski definition) is 1. The van der Waals surface area contributed by atoms with Crippen molar-refractivity contribution in [3.63, 3.8) is 0 Å². The van der Waals surface area contributed by atoms with Crippen LogP contribution in [0.25, 0.3) is 0 Å². The average Bonchev–Trinajstić information content (AvgIpc) is 2.33. The summed E-state index contributed by atoms with van der Waals surface area (Å²) < 4.78 is 5.06. The highest BCUT2D eigenvalue weighted by atomic mass is 35.5. The van der Waals surface area contributed by atoms with E-state index in [0.717, 1.165) is 25.3 Å². The van der Waals surface area contributed by atoms with Crippen LogP contribution in [0.5, 0.6) is 0 Å². The van der Waals surface area contributed by atoms with E-state index in [-0.39, 0.29) is 0 Å². The van der Waals surface area contributed by atoms with E-state index in [2.05, 4.69) is 31.2 Å². The standard InChI is InChI=1S/C15H23ClO/c1-13-6-5-8-14(10-13)11-15(12-16)7-3-4-9-17-2/h5-6,8,10,15H,3-4,7,9,11-12H2,1-2H3. The molecule has 0 spiro atoms. The second-order valence-electron chi connectivity index (χ2n) is 4.70. The van der Waals surface area contributed by atoms with Crippen LogP contribution in [0.4, 0.5) is 0 Å². The first-order valence-corrected chi connectivity index (χ1v) is 6.90. The van der Waals surface area contributed by atoms with Crippen LogP contribution >= 0.6 is 11.6 Å². The highest BCUT2D eigenvalue weighted by Crippen LogP contribution is 2.17. The minimum absolute atomic E-state index is 0.593. The molecule has 0 aliphatic rings. The van der Waals surface area contributed by atoms with Gasteiger partial charge in [-0.25, -0.2) is 0 Å². The van der Waals surface area contributed by atoms with Crippen molar-refractivity contribution in [1.29, 1.82) is 0 Å². The highest BCUT2D eigenvalue weighted by molar-refractivity contribution is 6.18. The van der Waals surface area contributed by atoms with E-state index < -0.39 is 0 Å². The SMILES string of the molecule is COCCCCC(CCl)Cc1cccc(C)c1. The van der Waals surface area contributed by atoms with Crippen molar-refractivity contribution in [2.45, 2.75) is 32.6 Å². The zero-order valence-corrected chi connectivity index (χ0v) is 11.7. The molecule has 0 heterocycles. The van der Waals surface area contributed by atoms with Crippen LogP contribution in [0.2, 0.25) is 0 Å². The molecular weight excluding hydrogens is 232 g/mol. The number of hydrogen-bond donors (Lipinski definition) is 0. The summed E-state index contributed by atoms with van der Waals surface area (Å²) in [6.45, 7) is 3.00.